The highest BCUT2D eigenvalue weighted by Crippen LogP contribution is 2.13. The minimum absolute atomic E-state index is 0.577. The highest BCUT2D eigenvalue weighted by Gasteiger charge is 1.98. The predicted octanol–water partition coefficient (Wildman–Crippen LogP) is 2.85. The Hall–Kier alpha value is -1.06. The molecule has 0 aliphatic heterocycles. The summed E-state index contributed by atoms with van der Waals surface area (Å²) in [7, 11) is 0. The lowest BCUT2D eigenvalue weighted by Gasteiger charge is -2.10. The number of hydrogen-bond donors (Lipinski definition) is 1. The molecule has 1 aromatic carbocycles. The second-order valence-corrected chi connectivity index (χ2v) is 4.74. The van der Waals surface area contributed by atoms with Crippen molar-refractivity contribution in [1.29, 1.82) is 0 Å². The molecule has 0 saturated carbocycles. The van der Waals surface area contributed by atoms with Gasteiger partial charge < -0.3 is 14.8 Å². The predicted molar refractivity (Wildman–Crippen MR) is 75.0 cm³/mol. The lowest BCUT2D eigenvalue weighted by Crippen LogP contribution is -2.12. The van der Waals surface area contributed by atoms with Gasteiger partial charge in [0.15, 0.2) is 0 Å². The number of rotatable bonds is 9. The van der Waals surface area contributed by atoms with Crippen molar-refractivity contribution in [3.05, 3.63) is 29.8 Å². The fourth-order valence-corrected chi connectivity index (χ4v) is 1.55. The molecule has 0 atom stereocenters. The lowest BCUT2D eigenvalue weighted by atomic mass is 10.2. The summed E-state index contributed by atoms with van der Waals surface area (Å²) in [5.41, 5.74) is 1.25. The van der Waals surface area contributed by atoms with Crippen LogP contribution >= 0.6 is 0 Å². The summed E-state index contributed by atoms with van der Waals surface area (Å²) in [4.78, 5) is 0. The smallest absolute Gasteiger partial charge is 0.119 e. The van der Waals surface area contributed by atoms with Crippen molar-refractivity contribution in [2.24, 2.45) is 5.92 Å². The zero-order valence-corrected chi connectivity index (χ0v) is 11.7. The molecule has 0 radical (unpaired) electrons. The fraction of sp³-hybridized carbons (Fsp3) is 0.600. The van der Waals surface area contributed by atoms with Gasteiger partial charge in [-0.2, -0.15) is 0 Å². The van der Waals surface area contributed by atoms with E-state index in [0.29, 0.717) is 19.1 Å². The zero-order chi connectivity index (χ0) is 13.2. The summed E-state index contributed by atoms with van der Waals surface area (Å²) < 4.78 is 11.1. The molecular formula is C15H25NO2. The van der Waals surface area contributed by atoms with Gasteiger partial charge >= 0.3 is 0 Å². The number of nitrogens with one attached hydrogen (secondary N) is 1. The Kier molecular flexibility index (Phi) is 7.46. The molecular weight excluding hydrogens is 226 g/mol. The third kappa shape index (κ3) is 6.62. The van der Waals surface area contributed by atoms with E-state index in [1.165, 1.54) is 5.56 Å². The lowest BCUT2D eigenvalue weighted by molar-refractivity contribution is 0.0819. The van der Waals surface area contributed by atoms with Crippen LogP contribution in [-0.2, 0) is 11.3 Å². The Labute approximate surface area is 110 Å². The maximum atomic E-state index is 5.66. The standard InChI is InChI=1S/C15H25NO2/c1-4-16-11-14-6-5-7-15(10-14)18-9-8-17-12-13(2)3/h5-7,10,13,16H,4,8-9,11-12H2,1-3H3. The van der Waals surface area contributed by atoms with E-state index < -0.39 is 0 Å². The summed E-state index contributed by atoms with van der Waals surface area (Å²) in [5.74, 6) is 1.49. The molecule has 0 aliphatic carbocycles. The van der Waals surface area contributed by atoms with E-state index in [0.717, 1.165) is 25.4 Å². The molecule has 3 nitrogen and oxygen atoms in total. The Morgan fingerprint density at radius 1 is 1.22 bits per heavy atom. The monoisotopic (exact) mass is 251 g/mol. The van der Waals surface area contributed by atoms with Crippen LogP contribution in [0.4, 0.5) is 0 Å². The van der Waals surface area contributed by atoms with Gasteiger partial charge in [0, 0.05) is 13.2 Å². The first-order valence-electron chi connectivity index (χ1n) is 6.72. The van der Waals surface area contributed by atoms with Gasteiger partial charge in [0.25, 0.3) is 0 Å². The molecule has 18 heavy (non-hydrogen) atoms. The molecule has 0 fully saturated rings. The maximum absolute atomic E-state index is 5.66. The SMILES string of the molecule is CCNCc1cccc(OCCOCC(C)C)c1. The van der Waals surface area contributed by atoms with Crippen molar-refractivity contribution in [1.82, 2.24) is 5.32 Å². The van der Waals surface area contributed by atoms with Crippen molar-refractivity contribution in [3.63, 3.8) is 0 Å². The third-order valence-electron chi connectivity index (χ3n) is 2.43. The Morgan fingerprint density at radius 3 is 2.78 bits per heavy atom. The van der Waals surface area contributed by atoms with Crippen LogP contribution < -0.4 is 10.1 Å². The van der Waals surface area contributed by atoms with E-state index in [-0.39, 0.29) is 0 Å². The zero-order valence-electron chi connectivity index (χ0n) is 11.7. The second-order valence-electron chi connectivity index (χ2n) is 4.74. The van der Waals surface area contributed by atoms with Crippen molar-refractivity contribution >= 4 is 0 Å². The highest BCUT2D eigenvalue weighted by atomic mass is 16.5. The van der Waals surface area contributed by atoms with E-state index in [1.807, 2.05) is 12.1 Å². The van der Waals surface area contributed by atoms with Crippen molar-refractivity contribution < 1.29 is 9.47 Å². The maximum Gasteiger partial charge on any atom is 0.119 e. The molecule has 1 rings (SSSR count). The first-order chi connectivity index (χ1) is 8.72. The number of hydrogen-bond acceptors (Lipinski definition) is 3. The molecule has 0 bridgehead atoms. The first kappa shape index (κ1) is 15.0. The van der Waals surface area contributed by atoms with Crippen molar-refractivity contribution in [3.8, 4) is 5.75 Å². The molecule has 0 saturated heterocycles. The van der Waals surface area contributed by atoms with E-state index in [9.17, 15) is 0 Å². The van der Waals surface area contributed by atoms with Crippen LogP contribution in [0.2, 0.25) is 0 Å². The number of benzene rings is 1. The summed E-state index contributed by atoms with van der Waals surface area (Å²) in [5, 5.41) is 3.30. The molecule has 3 heteroatoms. The molecule has 0 amide bonds. The van der Waals surface area contributed by atoms with Crippen LogP contribution in [0.1, 0.15) is 26.3 Å². The Bertz CT molecular complexity index is 326. The Morgan fingerprint density at radius 2 is 2.06 bits per heavy atom. The van der Waals surface area contributed by atoms with Gasteiger partial charge in [-0.3, -0.25) is 0 Å². The van der Waals surface area contributed by atoms with E-state index in [4.69, 9.17) is 9.47 Å². The van der Waals surface area contributed by atoms with Gasteiger partial charge in [-0.15, -0.1) is 0 Å². The van der Waals surface area contributed by atoms with Crippen LogP contribution in [0.5, 0.6) is 5.75 Å². The largest absolute Gasteiger partial charge is 0.491 e. The third-order valence-corrected chi connectivity index (χ3v) is 2.43. The van der Waals surface area contributed by atoms with Crippen LogP contribution in [0.25, 0.3) is 0 Å². The van der Waals surface area contributed by atoms with Crippen molar-refractivity contribution in [2.75, 3.05) is 26.4 Å². The highest BCUT2D eigenvalue weighted by molar-refractivity contribution is 5.28. The van der Waals surface area contributed by atoms with Gasteiger partial charge in [0.05, 0.1) is 6.61 Å². The van der Waals surface area contributed by atoms with Gasteiger partial charge in [-0.25, -0.2) is 0 Å². The fourth-order valence-electron chi connectivity index (χ4n) is 1.55. The molecule has 1 aromatic rings. The van der Waals surface area contributed by atoms with Gasteiger partial charge in [-0.05, 0) is 30.2 Å². The summed E-state index contributed by atoms with van der Waals surface area (Å²) >= 11 is 0. The molecule has 1 N–H and O–H groups in total. The molecule has 0 heterocycles. The molecule has 0 aromatic heterocycles. The van der Waals surface area contributed by atoms with E-state index in [2.05, 4.69) is 38.2 Å². The molecule has 102 valence electrons. The second kappa shape index (κ2) is 8.95. The average Bonchev–Trinajstić information content (AvgIpc) is 2.36. The molecule has 0 unspecified atom stereocenters. The molecule has 0 aliphatic rings. The molecule has 0 spiro atoms. The van der Waals surface area contributed by atoms with Gasteiger partial charge in [-0.1, -0.05) is 32.9 Å². The summed E-state index contributed by atoms with van der Waals surface area (Å²) in [6.45, 7) is 10.3. The first-order valence-corrected chi connectivity index (χ1v) is 6.72. The van der Waals surface area contributed by atoms with Gasteiger partial charge in [0.1, 0.15) is 12.4 Å². The summed E-state index contributed by atoms with van der Waals surface area (Å²) in [6, 6.07) is 8.19. The number of ether oxygens (including phenoxy) is 2. The normalized spacial score (nSPS) is 10.9. The van der Waals surface area contributed by atoms with Crippen LogP contribution in [0.3, 0.4) is 0 Å². The van der Waals surface area contributed by atoms with Crippen LogP contribution in [0.15, 0.2) is 24.3 Å². The Balaban J connectivity index is 2.24. The summed E-state index contributed by atoms with van der Waals surface area (Å²) in [6.07, 6.45) is 0. The average molecular weight is 251 g/mol. The topological polar surface area (TPSA) is 30.5 Å². The van der Waals surface area contributed by atoms with E-state index in [1.54, 1.807) is 0 Å². The van der Waals surface area contributed by atoms with Crippen LogP contribution in [0, 0.1) is 5.92 Å². The van der Waals surface area contributed by atoms with Gasteiger partial charge in [0.2, 0.25) is 0 Å². The van der Waals surface area contributed by atoms with E-state index >= 15 is 0 Å². The minimum atomic E-state index is 0.577. The quantitative estimate of drug-likeness (QED) is 0.685. The van der Waals surface area contributed by atoms with Crippen LogP contribution in [-0.4, -0.2) is 26.4 Å². The minimum Gasteiger partial charge on any atom is -0.491 e. The van der Waals surface area contributed by atoms with Crippen molar-refractivity contribution in [2.45, 2.75) is 27.3 Å².